The van der Waals surface area contributed by atoms with Crippen LogP contribution in [0.25, 0.3) is 0 Å². The number of amides is 1. The van der Waals surface area contributed by atoms with E-state index in [0.29, 0.717) is 22.3 Å². The van der Waals surface area contributed by atoms with Crippen LogP contribution in [0.5, 0.6) is 0 Å². The van der Waals surface area contributed by atoms with Crippen molar-refractivity contribution in [2.24, 2.45) is 0 Å². The molecule has 0 aliphatic carbocycles. The third-order valence-corrected chi connectivity index (χ3v) is 3.46. The van der Waals surface area contributed by atoms with Gasteiger partial charge in [-0.2, -0.15) is 0 Å². The smallest absolute Gasteiger partial charge is 0.270 e. The van der Waals surface area contributed by atoms with E-state index in [1.807, 2.05) is 0 Å². The fourth-order valence-electron chi connectivity index (χ4n) is 1.74. The van der Waals surface area contributed by atoms with Crippen molar-refractivity contribution in [3.63, 3.8) is 0 Å². The minimum absolute atomic E-state index is 0.0956. The predicted octanol–water partition coefficient (Wildman–Crippen LogP) is 4.36. The molecule has 0 spiro atoms. The molecular weight excluding hydrogens is 351 g/mol. The lowest BCUT2D eigenvalue weighted by Gasteiger charge is -2.16. The van der Waals surface area contributed by atoms with Crippen molar-refractivity contribution in [3.8, 4) is 0 Å². The van der Waals surface area contributed by atoms with Crippen molar-refractivity contribution in [1.82, 2.24) is 9.88 Å². The van der Waals surface area contributed by atoms with E-state index in [1.54, 1.807) is 42.4 Å². The van der Waals surface area contributed by atoms with Gasteiger partial charge in [-0.3, -0.25) is 4.79 Å². The summed E-state index contributed by atoms with van der Waals surface area (Å²) in [4.78, 5) is 16.6. The molecule has 0 bridgehead atoms. The van der Waals surface area contributed by atoms with E-state index in [9.17, 15) is 4.79 Å². The minimum Gasteiger partial charge on any atom is -0.356 e. The summed E-state index contributed by atoms with van der Waals surface area (Å²) >= 11 is 15.2. The Hall–Kier alpha value is -0.970. The van der Waals surface area contributed by atoms with Gasteiger partial charge in [-0.25, -0.2) is 0 Å². The van der Waals surface area contributed by atoms with Crippen LogP contribution in [0.3, 0.4) is 0 Å². The summed E-state index contributed by atoms with van der Waals surface area (Å²) in [5.41, 5.74) is 1.42. The third kappa shape index (κ3) is 3.75. The Morgan fingerprint density at radius 1 is 1.26 bits per heavy atom. The summed E-state index contributed by atoms with van der Waals surface area (Å²) in [5.74, 6) is -0.0956. The molecule has 0 aliphatic heterocycles. The molecule has 100 valence electrons. The standard InChI is InChI=1S/C13H11BrCl2N2O/c1-18(13(19)12-4-9(14)6-17-12)7-8-2-10(15)5-11(16)3-8/h2-6,17H,7H2,1H3. The van der Waals surface area contributed by atoms with Gasteiger partial charge in [0.15, 0.2) is 0 Å². The van der Waals surface area contributed by atoms with Gasteiger partial charge in [0.1, 0.15) is 5.69 Å². The first kappa shape index (κ1) is 14.4. The molecule has 0 atom stereocenters. The summed E-state index contributed by atoms with van der Waals surface area (Å²) in [7, 11) is 1.73. The molecule has 0 saturated carbocycles. The number of hydrogen-bond donors (Lipinski definition) is 1. The average Bonchev–Trinajstić information content (AvgIpc) is 2.73. The monoisotopic (exact) mass is 360 g/mol. The van der Waals surface area contributed by atoms with Gasteiger partial charge in [0.2, 0.25) is 0 Å². The first-order valence-electron chi connectivity index (χ1n) is 5.50. The summed E-state index contributed by atoms with van der Waals surface area (Å²) in [5, 5.41) is 1.12. The highest BCUT2D eigenvalue weighted by molar-refractivity contribution is 9.10. The number of aromatic amines is 1. The van der Waals surface area contributed by atoms with E-state index in [1.165, 1.54) is 0 Å². The van der Waals surface area contributed by atoms with Crippen molar-refractivity contribution in [1.29, 1.82) is 0 Å². The maximum absolute atomic E-state index is 12.1. The predicted molar refractivity (Wildman–Crippen MR) is 80.8 cm³/mol. The number of H-pyrrole nitrogens is 1. The Kier molecular flexibility index (Phi) is 4.55. The van der Waals surface area contributed by atoms with E-state index in [2.05, 4.69) is 20.9 Å². The van der Waals surface area contributed by atoms with Crippen LogP contribution in [0, 0.1) is 0 Å². The Labute approximate surface area is 129 Å². The number of carbonyl (C=O) groups is 1. The zero-order valence-corrected chi connectivity index (χ0v) is 13.2. The number of nitrogens with one attached hydrogen (secondary N) is 1. The number of aromatic nitrogens is 1. The summed E-state index contributed by atoms with van der Waals surface area (Å²) < 4.78 is 0.843. The van der Waals surface area contributed by atoms with E-state index >= 15 is 0 Å². The van der Waals surface area contributed by atoms with Crippen molar-refractivity contribution < 1.29 is 4.79 Å². The van der Waals surface area contributed by atoms with E-state index in [0.717, 1.165) is 10.0 Å². The van der Waals surface area contributed by atoms with Crippen molar-refractivity contribution in [2.75, 3.05) is 7.05 Å². The van der Waals surface area contributed by atoms with E-state index in [-0.39, 0.29) is 5.91 Å². The summed E-state index contributed by atoms with van der Waals surface area (Å²) in [6.45, 7) is 0.440. The van der Waals surface area contributed by atoms with Crippen LogP contribution in [0.1, 0.15) is 16.1 Å². The molecule has 2 aromatic rings. The highest BCUT2D eigenvalue weighted by Crippen LogP contribution is 2.20. The number of benzene rings is 1. The highest BCUT2D eigenvalue weighted by Gasteiger charge is 2.14. The molecular formula is C13H11BrCl2N2O. The molecule has 0 unspecified atom stereocenters. The van der Waals surface area contributed by atoms with Crippen LogP contribution in [-0.2, 0) is 6.54 Å². The van der Waals surface area contributed by atoms with Gasteiger partial charge in [-0.1, -0.05) is 23.2 Å². The molecule has 0 radical (unpaired) electrons. The first-order valence-corrected chi connectivity index (χ1v) is 7.05. The molecule has 19 heavy (non-hydrogen) atoms. The average molecular weight is 362 g/mol. The van der Waals surface area contributed by atoms with Crippen LogP contribution in [0.2, 0.25) is 10.0 Å². The fourth-order valence-corrected chi connectivity index (χ4v) is 2.66. The molecule has 0 fully saturated rings. The van der Waals surface area contributed by atoms with Crippen LogP contribution in [-0.4, -0.2) is 22.8 Å². The fraction of sp³-hybridized carbons (Fsp3) is 0.154. The van der Waals surface area contributed by atoms with Crippen molar-refractivity contribution in [3.05, 3.63) is 56.2 Å². The molecule has 0 saturated heterocycles. The maximum Gasteiger partial charge on any atom is 0.270 e. The lowest BCUT2D eigenvalue weighted by atomic mass is 10.2. The number of carbonyl (C=O) groups excluding carboxylic acids is 1. The first-order chi connectivity index (χ1) is 8.95. The van der Waals surface area contributed by atoms with Gasteiger partial charge in [0, 0.05) is 34.3 Å². The van der Waals surface area contributed by atoms with Gasteiger partial charge >= 0.3 is 0 Å². The van der Waals surface area contributed by atoms with Gasteiger partial charge in [0.25, 0.3) is 5.91 Å². The van der Waals surface area contributed by atoms with E-state index < -0.39 is 0 Å². The van der Waals surface area contributed by atoms with Gasteiger partial charge < -0.3 is 9.88 Å². The molecule has 1 amide bonds. The summed E-state index contributed by atoms with van der Waals surface area (Å²) in [6.07, 6.45) is 1.72. The molecule has 1 heterocycles. The highest BCUT2D eigenvalue weighted by atomic mass is 79.9. The zero-order valence-electron chi connectivity index (χ0n) is 10.1. The number of halogens is 3. The van der Waals surface area contributed by atoms with Gasteiger partial charge in [-0.05, 0) is 45.8 Å². The van der Waals surface area contributed by atoms with Crippen molar-refractivity contribution >= 4 is 45.0 Å². The van der Waals surface area contributed by atoms with Crippen LogP contribution in [0.15, 0.2) is 34.9 Å². The quantitative estimate of drug-likeness (QED) is 0.866. The molecule has 0 aliphatic rings. The van der Waals surface area contributed by atoms with Crippen LogP contribution in [0.4, 0.5) is 0 Å². The maximum atomic E-state index is 12.1. The Balaban J connectivity index is 2.12. The molecule has 1 N–H and O–H groups in total. The SMILES string of the molecule is CN(Cc1cc(Cl)cc(Cl)c1)C(=O)c1cc(Br)c[nH]1. The Morgan fingerprint density at radius 3 is 2.42 bits per heavy atom. The normalized spacial score (nSPS) is 10.5. The van der Waals surface area contributed by atoms with E-state index in [4.69, 9.17) is 23.2 Å². The second kappa shape index (κ2) is 5.99. The number of hydrogen-bond acceptors (Lipinski definition) is 1. The lowest BCUT2D eigenvalue weighted by molar-refractivity contribution is 0.0780. The van der Waals surface area contributed by atoms with Crippen LogP contribution >= 0.6 is 39.1 Å². The lowest BCUT2D eigenvalue weighted by Crippen LogP contribution is -2.26. The molecule has 6 heteroatoms. The van der Waals surface area contributed by atoms with Gasteiger partial charge in [0.05, 0.1) is 0 Å². The molecule has 1 aromatic heterocycles. The van der Waals surface area contributed by atoms with Crippen molar-refractivity contribution in [2.45, 2.75) is 6.54 Å². The molecule has 1 aromatic carbocycles. The molecule has 3 nitrogen and oxygen atoms in total. The number of rotatable bonds is 3. The summed E-state index contributed by atoms with van der Waals surface area (Å²) in [6, 6.07) is 6.99. The Bertz CT molecular complexity index is 592. The minimum atomic E-state index is -0.0956. The Morgan fingerprint density at radius 2 is 1.89 bits per heavy atom. The van der Waals surface area contributed by atoms with Crippen LogP contribution < -0.4 is 0 Å². The zero-order chi connectivity index (χ0) is 14.0. The topological polar surface area (TPSA) is 36.1 Å². The molecule has 2 rings (SSSR count). The largest absolute Gasteiger partial charge is 0.356 e. The second-order valence-electron chi connectivity index (χ2n) is 4.17. The third-order valence-electron chi connectivity index (χ3n) is 2.57. The van der Waals surface area contributed by atoms with Gasteiger partial charge in [-0.15, -0.1) is 0 Å². The second-order valence-corrected chi connectivity index (χ2v) is 5.96. The number of nitrogens with zero attached hydrogens (tertiary/aromatic N) is 1.